The van der Waals surface area contributed by atoms with Crippen molar-refractivity contribution in [3.63, 3.8) is 0 Å². The number of aliphatic carboxylic acids is 1. The van der Waals surface area contributed by atoms with Gasteiger partial charge in [0.15, 0.2) is 0 Å². The Balaban J connectivity index is 1.28. The van der Waals surface area contributed by atoms with E-state index in [1.807, 2.05) is 47.4 Å². The van der Waals surface area contributed by atoms with Crippen molar-refractivity contribution in [2.75, 3.05) is 52.6 Å². The molecule has 280 valence electrons. The fraction of sp³-hybridized carbons (Fsp3) is 0.442. The van der Waals surface area contributed by atoms with Gasteiger partial charge in [-0.2, -0.15) is 5.26 Å². The molecule has 0 radical (unpaired) electrons. The van der Waals surface area contributed by atoms with E-state index in [0.29, 0.717) is 48.2 Å². The molecule has 0 spiro atoms. The standard InChI is InChI=1S/C43H50ClN3O6/c1-42(2)36(34-13-4-3-5-14-34)15-9-17-43(42,53-22-10-18-46-20-23-50-24-21-46)31-52-40-27-39(51-30-33-12-8-11-32(25-33)28-45)35(26-37(40)44)29-47-19-7-6-16-38(47)41(48)49/h3-5,8-9,11-15,17,25-27,38H,6-7,10,16,18-24,29-31H2,1-2H3,(H,48,49)/t38-,43?/m0/s1. The van der Waals surface area contributed by atoms with Gasteiger partial charge >= 0.3 is 5.97 Å². The molecule has 3 aromatic rings. The van der Waals surface area contributed by atoms with Crippen LogP contribution in [-0.4, -0.2) is 85.1 Å². The van der Waals surface area contributed by atoms with E-state index in [1.54, 1.807) is 12.1 Å². The Morgan fingerprint density at radius 2 is 1.83 bits per heavy atom. The summed E-state index contributed by atoms with van der Waals surface area (Å²) in [5.74, 6) is 0.167. The molecule has 2 fully saturated rings. The molecule has 0 amide bonds. The van der Waals surface area contributed by atoms with E-state index in [-0.39, 0.29) is 13.2 Å². The zero-order chi connectivity index (χ0) is 37.3. The van der Waals surface area contributed by atoms with Gasteiger partial charge in [0.25, 0.3) is 0 Å². The quantitative estimate of drug-likeness (QED) is 0.157. The third kappa shape index (κ3) is 9.32. The number of ether oxygens (including phenoxy) is 4. The summed E-state index contributed by atoms with van der Waals surface area (Å²) in [6.45, 7) is 10.7. The molecule has 0 aromatic heterocycles. The molecule has 53 heavy (non-hydrogen) atoms. The van der Waals surface area contributed by atoms with Crippen molar-refractivity contribution in [2.24, 2.45) is 5.41 Å². The lowest BCUT2D eigenvalue weighted by Crippen LogP contribution is -2.52. The van der Waals surface area contributed by atoms with Crippen molar-refractivity contribution in [3.05, 3.63) is 112 Å². The van der Waals surface area contributed by atoms with E-state index in [0.717, 1.165) is 74.4 Å². The van der Waals surface area contributed by atoms with Gasteiger partial charge in [0.1, 0.15) is 36.4 Å². The van der Waals surface area contributed by atoms with Crippen molar-refractivity contribution in [1.82, 2.24) is 9.80 Å². The lowest BCUT2D eigenvalue weighted by Gasteiger charge is -2.47. The number of carboxylic acid groups (broad SMARTS) is 1. The first-order valence-electron chi connectivity index (χ1n) is 18.6. The van der Waals surface area contributed by atoms with Gasteiger partial charge in [-0.05, 0) is 66.8 Å². The number of carboxylic acids is 1. The maximum absolute atomic E-state index is 12.2. The minimum absolute atomic E-state index is 0.189. The maximum Gasteiger partial charge on any atom is 0.320 e. The third-order valence-electron chi connectivity index (χ3n) is 10.8. The number of morpholine rings is 1. The van der Waals surface area contributed by atoms with E-state index >= 15 is 0 Å². The largest absolute Gasteiger partial charge is 0.488 e. The smallest absolute Gasteiger partial charge is 0.320 e. The fourth-order valence-electron chi connectivity index (χ4n) is 7.59. The first-order valence-corrected chi connectivity index (χ1v) is 19.0. The minimum Gasteiger partial charge on any atom is -0.488 e. The van der Waals surface area contributed by atoms with Gasteiger partial charge in [-0.1, -0.05) is 86.5 Å². The molecular weight excluding hydrogens is 690 g/mol. The van der Waals surface area contributed by atoms with E-state index in [2.05, 4.69) is 55.2 Å². The number of piperidine rings is 1. The molecule has 9 nitrogen and oxygen atoms in total. The number of hydrogen-bond donors (Lipinski definition) is 1. The Morgan fingerprint density at radius 1 is 1.02 bits per heavy atom. The van der Waals surface area contributed by atoms with Gasteiger partial charge in [0.2, 0.25) is 0 Å². The van der Waals surface area contributed by atoms with E-state index < -0.39 is 23.0 Å². The molecule has 10 heteroatoms. The highest BCUT2D eigenvalue weighted by Crippen LogP contribution is 2.49. The summed E-state index contributed by atoms with van der Waals surface area (Å²) in [5, 5.41) is 19.8. The second-order valence-corrected chi connectivity index (χ2v) is 15.0. The van der Waals surface area contributed by atoms with Crippen molar-refractivity contribution >= 4 is 23.1 Å². The molecule has 1 unspecified atom stereocenters. The van der Waals surface area contributed by atoms with Crippen LogP contribution in [0.3, 0.4) is 0 Å². The molecule has 2 saturated heterocycles. The zero-order valence-corrected chi connectivity index (χ0v) is 31.5. The molecule has 2 heterocycles. The average Bonchev–Trinajstić information content (AvgIpc) is 3.17. The molecule has 0 saturated carbocycles. The van der Waals surface area contributed by atoms with Crippen LogP contribution >= 0.6 is 11.6 Å². The van der Waals surface area contributed by atoms with Gasteiger partial charge in [0.05, 0.1) is 29.9 Å². The highest BCUT2D eigenvalue weighted by atomic mass is 35.5. The Labute approximate surface area is 318 Å². The molecule has 2 atom stereocenters. The van der Waals surface area contributed by atoms with Gasteiger partial charge in [-0.25, -0.2) is 0 Å². The Morgan fingerprint density at radius 3 is 2.60 bits per heavy atom. The molecule has 6 rings (SSSR count). The lowest BCUT2D eigenvalue weighted by atomic mass is 9.65. The summed E-state index contributed by atoms with van der Waals surface area (Å²) in [6.07, 6.45) is 9.59. The van der Waals surface area contributed by atoms with E-state index in [9.17, 15) is 15.2 Å². The second kappa shape index (κ2) is 17.8. The van der Waals surface area contributed by atoms with Crippen molar-refractivity contribution in [2.45, 2.75) is 64.3 Å². The summed E-state index contributed by atoms with van der Waals surface area (Å²) >= 11 is 7.01. The fourth-order valence-corrected chi connectivity index (χ4v) is 7.83. The number of carbonyl (C=O) groups is 1. The van der Waals surface area contributed by atoms with Crippen molar-refractivity contribution in [1.29, 1.82) is 5.26 Å². The molecule has 0 bridgehead atoms. The van der Waals surface area contributed by atoms with Crippen LogP contribution < -0.4 is 9.47 Å². The van der Waals surface area contributed by atoms with Crippen LogP contribution in [0.1, 0.15) is 61.8 Å². The maximum atomic E-state index is 12.2. The highest BCUT2D eigenvalue weighted by Gasteiger charge is 2.49. The van der Waals surface area contributed by atoms with Gasteiger partial charge in [-0.15, -0.1) is 0 Å². The number of nitriles is 1. The number of allylic oxidation sites excluding steroid dienone is 2. The predicted octanol–water partition coefficient (Wildman–Crippen LogP) is 7.77. The monoisotopic (exact) mass is 739 g/mol. The van der Waals surface area contributed by atoms with Crippen LogP contribution in [0.2, 0.25) is 5.02 Å². The highest BCUT2D eigenvalue weighted by molar-refractivity contribution is 6.32. The van der Waals surface area contributed by atoms with Gasteiger partial charge < -0.3 is 24.1 Å². The molecule has 3 aliphatic rings. The Kier molecular flexibility index (Phi) is 12.9. The van der Waals surface area contributed by atoms with Crippen LogP contribution in [0.5, 0.6) is 11.5 Å². The summed E-state index contributed by atoms with van der Waals surface area (Å²) in [6, 6.07) is 22.9. The number of likely N-dealkylation sites (tertiary alicyclic amines) is 1. The first-order chi connectivity index (χ1) is 25.7. The summed E-state index contributed by atoms with van der Waals surface area (Å²) < 4.78 is 25.6. The predicted molar refractivity (Wildman–Crippen MR) is 206 cm³/mol. The number of rotatable bonds is 15. The number of hydrogen-bond acceptors (Lipinski definition) is 8. The molecule has 1 aliphatic carbocycles. The number of halogens is 1. The Bertz CT molecular complexity index is 1820. The lowest BCUT2D eigenvalue weighted by molar-refractivity contribution is -0.144. The first kappa shape index (κ1) is 38.6. The van der Waals surface area contributed by atoms with Crippen LogP contribution in [0, 0.1) is 16.7 Å². The Hall–Kier alpha value is -4.17. The van der Waals surface area contributed by atoms with Crippen LogP contribution in [-0.2, 0) is 27.4 Å². The van der Waals surface area contributed by atoms with Crippen molar-refractivity contribution in [3.8, 4) is 17.6 Å². The zero-order valence-electron chi connectivity index (χ0n) is 30.8. The molecule has 3 aromatic carbocycles. The van der Waals surface area contributed by atoms with Crippen LogP contribution in [0.15, 0.2) is 85.0 Å². The van der Waals surface area contributed by atoms with Crippen molar-refractivity contribution < 1.29 is 28.8 Å². The van der Waals surface area contributed by atoms with E-state index in [4.69, 9.17) is 30.5 Å². The van der Waals surface area contributed by atoms with Crippen LogP contribution in [0.4, 0.5) is 0 Å². The molecule has 2 aliphatic heterocycles. The van der Waals surface area contributed by atoms with Gasteiger partial charge in [-0.3, -0.25) is 14.6 Å². The second-order valence-electron chi connectivity index (χ2n) is 14.6. The van der Waals surface area contributed by atoms with Crippen LogP contribution in [0.25, 0.3) is 5.57 Å². The van der Waals surface area contributed by atoms with E-state index in [1.165, 1.54) is 0 Å². The molecular formula is C43H50ClN3O6. The average molecular weight is 740 g/mol. The summed E-state index contributed by atoms with van der Waals surface area (Å²) in [5.41, 5.74) is 3.11. The number of benzene rings is 3. The summed E-state index contributed by atoms with van der Waals surface area (Å²) in [4.78, 5) is 16.6. The minimum atomic E-state index is -0.832. The SMILES string of the molecule is CC1(C)C(c2ccccc2)=CC=CC1(COc1cc(OCc2cccc(C#N)c2)c(CN2CCCC[C@H]2C(=O)O)cc1Cl)OCCCN1CCOCC1. The topological polar surface area (TPSA) is 104 Å². The summed E-state index contributed by atoms with van der Waals surface area (Å²) in [7, 11) is 0. The normalized spacial score (nSPS) is 21.8. The third-order valence-corrected chi connectivity index (χ3v) is 11.1. The molecule has 1 N–H and O–H groups in total. The van der Waals surface area contributed by atoms with Gasteiger partial charge in [0, 0.05) is 49.8 Å². The number of nitrogens with zero attached hydrogens (tertiary/aromatic N) is 3.